The molecule has 1 unspecified atom stereocenters. The van der Waals surface area contributed by atoms with Gasteiger partial charge in [0.15, 0.2) is 0 Å². The van der Waals surface area contributed by atoms with E-state index >= 15 is 0 Å². The Hall–Kier alpha value is -1.13. The molecule has 1 rings (SSSR count). The first-order valence-corrected chi connectivity index (χ1v) is 4.74. The maximum absolute atomic E-state index is 12.6. The van der Waals surface area contributed by atoms with Gasteiger partial charge in [0, 0.05) is 10.6 Å². The predicted molar refractivity (Wildman–Crippen MR) is 55.6 cm³/mol. The molecule has 82 valence electrons. The summed E-state index contributed by atoms with van der Waals surface area (Å²) in [7, 11) is 0. The maximum Gasteiger partial charge on any atom is 0.320 e. The molecule has 0 amide bonds. The lowest BCUT2D eigenvalue weighted by Crippen LogP contribution is -2.32. The topological polar surface area (TPSA) is 63.3 Å². The fraction of sp³-hybridized carbons (Fsp3) is 0.300. The van der Waals surface area contributed by atoms with E-state index in [9.17, 15) is 9.18 Å². The van der Waals surface area contributed by atoms with E-state index in [2.05, 4.69) is 0 Å². The van der Waals surface area contributed by atoms with E-state index in [4.69, 9.17) is 22.4 Å². The van der Waals surface area contributed by atoms with Gasteiger partial charge in [0.25, 0.3) is 0 Å². The van der Waals surface area contributed by atoms with Gasteiger partial charge in [0.2, 0.25) is 0 Å². The van der Waals surface area contributed by atoms with Crippen molar-refractivity contribution in [1.29, 1.82) is 0 Å². The van der Waals surface area contributed by atoms with Crippen LogP contribution in [-0.2, 0) is 17.9 Å². The Morgan fingerprint density at radius 2 is 2.27 bits per heavy atom. The quantitative estimate of drug-likeness (QED) is 0.830. The van der Waals surface area contributed by atoms with Gasteiger partial charge in [-0.1, -0.05) is 23.7 Å². The van der Waals surface area contributed by atoms with Gasteiger partial charge >= 0.3 is 5.97 Å². The highest BCUT2D eigenvalue weighted by Crippen LogP contribution is 2.22. The minimum Gasteiger partial charge on any atom is -0.480 e. The van der Waals surface area contributed by atoms with Gasteiger partial charge in [-0.2, -0.15) is 0 Å². The summed E-state index contributed by atoms with van der Waals surface area (Å²) in [6, 6.07) is 3.80. The number of benzene rings is 1. The molecule has 1 aromatic rings. The van der Waals surface area contributed by atoms with Gasteiger partial charge in [-0.25, -0.2) is 4.39 Å². The van der Waals surface area contributed by atoms with E-state index < -0.39 is 18.7 Å². The summed E-state index contributed by atoms with van der Waals surface area (Å²) in [6.45, 7) is -0.721. The van der Waals surface area contributed by atoms with Crippen molar-refractivity contribution in [2.75, 3.05) is 0 Å². The Morgan fingerprint density at radius 1 is 1.60 bits per heavy atom. The lowest BCUT2D eigenvalue weighted by molar-refractivity contribution is -0.138. The minimum atomic E-state index is -1.11. The zero-order valence-corrected chi connectivity index (χ0v) is 8.67. The number of rotatable bonds is 4. The fourth-order valence-electron chi connectivity index (χ4n) is 1.27. The van der Waals surface area contributed by atoms with E-state index in [1.165, 1.54) is 0 Å². The highest BCUT2D eigenvalue weighted by molar-refractivity contribution is 6.31. The molecule has 0 spiro atoms. The Balaban J connectivity index is 2.94. The summed E-state index contributed by atoms with van der Waals surface area (Å²) in [6.07, 6.45) is 0.0785. The normalized spacial score (nSPS) is 12.5. The highest BCUT2D eigenvalue weighted by atomic mass is 35.5. The molecule has 0 aromatic heterocycles. The lowest BCUT2D eigenvalue weighted by atomic mass is 10.0. The van der Waals surface area contributed by atoms with Crippen LogP contribution in [0.5, 0.6) is 0 Å². The largest absolute Gasteiger partial charge is 0.480 e. The molecule has 0 aliphatic heterocycles. The van der Waals surface area contributed by atoms with Gasteiger partial charge in [-0.3, -0.25) is 4.79 Å². The van der Waals surface area contributed by atoms with Crippen LogP contribution in [0.15, 0.2) is 18.2 Å². The monoisotopic (exact) mass is 231 g/mol. The second-order valence-corrected chi connectivity index (χ2v) is 3.57. The molecule has 15 heavy (non-hydrogen) atoms. The molecule has 0 heterocycles. The smallest absolute Gasteiger partial charge is 0.320 e. The number of carboxylic acid groups (broad SMARTS) is 1. The van der Waals surface area contributed by atoms with E-state index in [0.717, 1.165) is 0 Å². The third kappa shape index (κ3) is 2.91. The van der Waals surface area contributed by atoms with Crippen LogP contribution < -0.4 is 5.73 Å². The number of nitrogens with two attached hydrogens (primary N) is 1. The van der Waals surface area contributed by atoms with Gasteiger partial charge in [-0.15, -0.1) is 0 Å². The average Bonchev–Trinajstić information content (AvgIpc) is 2.18. The summed E-state index contributed by atoms with van der Waals surface area (Å²) in [5, 5.41) is 8.92. The van der Waals surface area contributed by atoms with E-state index in [-0.39, 0.29) is 6.42 Å². The third-order valence-corrected chi connectivity index (χ3v) is 2.46. The molecule has 0 saturated heterocycles. The van der Waals surface area contributed by atoms with Crippen LogP contribution >= 0.6 is 11.6 Å². The van der Waals surface area contributed by atoms with Crippen LogP contribution in [0.4, 0.5) is 4.39 Å². The first-order chi connectivity index (χ1) is 7.06. The van der Waals surface area contributed by atoms with Crippen LogP contribution in [0, 0.1) is 0 Å². The molecule has 0 saturated carbocycles. The van der Waals surface area contributed by atoms with E-state index in [1.54, 1.807) is 18.2 Å². The first-order valence-electron chi connectivity index (χ1n) is 4.37. The lowest BCUT2D eigenvalue weighted by Gasteiger charge is -2.10. The number of hydrogen-bond acceptors (Lipinski definition) is 2. The summed E-state index contributed by atoms with van der Waals surface area (Å²) >= 11 is 5.76. The molecular weight excluding hydrogens is 221 g/mol. The van der Waals surface area contributed by atoms with Crippen molar-refractivity contribution >= 4 is 17.6 Å². The van der Waals surface area contributed by atoms with Crippen molar-refractivity contribution in [3.05, 3.63) is 34.3 Å². The SMILES string of the molecule is NC(Cc1cccc(Cl)c1CF)C(=O)O. The number of halogens is 2. The average molecular weight is 232 g/mol. The standard InChI is InChI=1S/C10H11ClFNO2/c11-8-3-1-2-6(7(8)5-12)4-9(13)10(14)15/h1-3,9H,4-5,13H2,(H,14,15). The summed E-state index contributed by atoms with van der Waals surface area (Å²) in [4.78, 5) is 10.5. The van der Waals surface area contributed by atoms with Gasteiger partial charge < -0.3 is 10.8 Å². The zero-order valence-electron chi connectivity index (χ0n) is 7.91. The molecular formula is C10H11ClFNO2. The zero-order chi connectivity index (χ0) is 11.4. The number of carbonyl (C=O) groups is 1. The second kappa shape index (κ2) is 5.09. The molecule has 1 aromatic carbocycles. The Labute approximate surface area is 91.7 Å². The van der Waals surface area contributed by atoms with Crippen LogP contribution in [0.3, 0.4) is 0 Å². The molecule has 0 aliphatic carbocycles. The summed E-state index contributed by atoms with van der Waals surface area (Å²) in [5.41, 5.74) is 6.21. The number of alkyl halides is 1. The van der Waals surface area contributed by atoms with Crippen molar-refractivity contribution < 1.29 is 14.3 Å². The van der Waals surface area contributed by atoms with Crippen LogP contribution in [0.1, 0.15) is 11.1 Å². The Morgan fingerprint density at radius 3 is 2.80 bits per heavy atom. The fourth-order valence-corrected chi connectivity index (χ4v) is 1.51. The molecule has 0 aliphatic rings. The third-order valence-electron chi connectivity index (χ3n) is 2.11. The van der Waals surface area contributed by atoms with Gasteiger partial charge in [-0.05, 0) is 18.1 Å². The summed E-state index contributed by atoms with van der Waals surface area (Å²) < 4.78 is 12.6. The van der Waals surface area contributed by atoms with Crippen molar-refractivity contribution in [3.8, 4) is 0 Å². The molecule has 0 bridgehead atoms. The van der Waals surface area contributed by atoms with Crippen molar-refractivity contribution in [1.82, 2.24) is 0 Å². The molecule has 1 atom stereocenters. The maximum atomic E-state index is 12.6. The Bertz CT molecular complexity index is 370. The van der Waals surface area contributed by atoms with Crippen LogP contribution in [0.2, 0.25) is 5.02 Å². The molecule has 0 fully saturated rings. The molecule has 0 radical (unpaired) electrons. The van der Waals surface area contributed by atoms with Gasteiger partial charge in [0.1, 0.15) is 12.7 Å². The van der Waals surface area contributed by atoms with Crippen molar-refractivity contribution in [2.45, 2.75) is 19.1 Å². The second-order valence-electron chi connectivity index (χ2n) is 3.16. The molecule has 3 N–H and O–H groups in total. The van der Waals surface area contributed by atoms with Crippen molar-refractivity contribution in [3.63, 3.8) is 0 Å². The highest BCUT2D eigenvalue weighted by Gasteiger charge is 2.15. The van der Waals surface area contributed by atoms with E-state index in [0.29, 0.717) is 16.1 Å². The van der Waals surface area contributed by atoms with Crippen LogP contribution in [0.25, 0.3) is 0 Å². The molecule has 5 heteroatoms. The summed E-state index contributed by atoms with van der Waals surface area (Å²) in [5.74, 6) is -1.11. The number of hydrogen-bond donors (Lipinski definition) is 2. The predicted octanol–water partition coefficient (Wildman–Crippen LogP) is 1.76. The first kappa shape index (κ1) is 11.9. The Kier molecular flexibility index (Phi) is 4.05. The minimum absolute atomic E-state index is 0.0785. The van der Waals surface area contributed by atoms with Crippen molar-refractivity contribution in [2.24, 2.45) is 5.73 Å². The van der Waals surface area contributed by atoms with E-state index in [1.807, 2.05) is 0 Å². The molecule has 3 nitrogen and oxygen atoms in total. The number of aliphatic carboxylic acids is 1. The number of carboxylic acids is 1. The van der Waals surface area contributed by atoms with Crippen LogP contribution in [-0.4, -0.2) is 17.1 Å². The van der Waals surface area contributed by atoms with Gasteiger partial charge in [0.05, 0.1) is 0 Å².